The molecule has 1 aromatic heterocycles. The fourth-order valence-corrected chi connectivity index (χ4v) is 3.91. The number of nitrogens with zero attached hydrogens (tertiary/aromatic N) is 1. The highest BCUT2D eigenvalue weighted by atomic mass is 35.5. The van der Waals surface area contributed by atoms with Crippen LogP contribution in [0.1, 0.15) is 19.0 Å². The molecule has 1 aliphatic rings. The van der Waals surface area contributed by atoms with Crippen LogP contribution >= 0.6 is 36.2 Å². The number of methoxy groups -OCH3 is 2. The molecule has 2 N–H and O–H groups in total. The van der Waals surface area contributed by atoms with E-state index in [0.29, 0.717) is 23.8 Å². The van der Waals surface area contributed by atoms with Gasteiger partial charge in [-0.15, -0.1) is 36.2 Å². The van der Waals surface area contributed by atoms with Crippen molar-refractivity contribution in [1.82, 2.24) is 15.6 Å². The predicted molar refractivity (Wildman–Crippen MR) is 117 cm³/mol. The Bertz CT molecular complexity index is 773. The average molecular weight is 448 g/mol. The summed E-state index contributed by atoms with van der Waals surface area (Å²) in [6, 6.07) is 5.90. The molecule has 1 amide bonds. The molecule has 28 heavy (non-hydrogen) atoms. The van der Waals surface area contributed by atoms with E-state index in [-0.39, 0.29) is 36.8 Å². The lowest BCUT2D eigenvalue weighted by atomic mass is 9.95. The molecule has 1 aromatic carbocycles. The lowest BCUT2D eigenvalue weighted by Gasteiger charge is -2.30. The monoisotopic (exact) mass is 447 g/mol. The second kappa shape index (κ2) is 11.5. The number of thiazole rings is 1. The van der Waals surface area contributed by atoms with Crippen molar-refractivity contribution < 1.29 is 14.3 Å². The van der Waals surface area contributed by atoms with Gasteiger partial charge in [0.2, 0.25) is 5.91 Å². The van der Waals surface area contributed by atoms with E-state index in [0.717, 1.165) is 35.8 Å². The lowest BCUT2D eigenvalue weighted by molar-refractivity contribution is -0.121. The van der Waals surface area contributed by atoms with E-state index in [4.69, 9.17) is 9.47 Å². The number of nitrogens with one attached hydrogen (secondary N) is 2. The van der Waals surface area contributed by atoms with Crippen LogP contribution in [0.4, 0.5) is 0 Å². The van der Waals surface area contributed by atoms with Crippen LogP contribution in [0.3, 0.4) is 0 Å². The van der Waals surface area contributed by atoms with Crippen molar-refractivity contribution in [2.75, 3.05) is 27.3 Å². The number of piperidine rings is 1. The van der Waals surface area contributed by atoms with E-state index in [2.05, 4.69) is 22.5 Å². The number of ether oxygens (including phenoxy) is 2. The number of hydrogen-bond donors (Lipinski definition) is 2. The first-order chi connectivity index (χ1) is 12.6. The summed E-state index contributed by atoms with van der Waals surface area (Å²) in [5, 5.41) is 9.26. The van der Waals surface area contributed by atoms with Crippen LogP contribution in [0.25, 0.3) is 10.6 Å². The number of rotatable bonds is 6. The number of aromatic nitrogens is 1. The van der Waals surface area contributed by atoms with Gasteiger partial charge in [0.25, 0.3) is 0 Å². The van der Waals surface area contributed by atoms with Crippen LogP contribution in [0, 0.1) is 5.92 Å². The van der Waals surface area contributed by atoms with Crippen LogP contribution in [-0.4, -0.2) is 44.2 Å². The van der Waals surface area contributed by atoms with Crippen LogP contribution in [-0.2, 0) is 11.2 Å². The Morgan fingerprint density at radius 3 is 2.71 bits per heavy atom. The van der Waals surface area contributed by atoms with Crippen molar-refractivity contribution in [3.8, 4) is 22.1 Å². The quantitative estimate of drug-likeness (QED) is 0.710. The van der Waals surface area contributed by atoms with Crippen molar-refractivity contribution in [2.45, 2.75) is 25.8 Å². The van der Waals surface area contributed by atoms with Gasteiger partial charge in [0.15, 0.2) is 11.5 Å². The van der Waals surface area contributed by atoms with Crippen molar-refractivity contribution in [1.29, 1.82) is 0 Å². The van der Waals surface area contributed by atoms with Gasteiger partial charge in [-0.25, -0.2) is 4.98 Å². The van der Waals surface area contributed by atoms with Gasteiger partial charge < -0.3 is 20.1 Å². The van der Waals surface area contributed by atoms with E-state index in [1.165, 1.54) is 11.3 Å². The van der Waals surface area contributed by atoms with Gasteiger partial charge in [-0.3, -0.25) is 4.79 Å². The van der Waals surface area contributed by atoms with Gasteiger partial charge in [0.05, 0.1) is 26.3 Å². The summed E-state index contributed by atoms with van der Waals surface area (Å²) in [5.74, 6) is 1.87. The molecule has 0 radical (unpaired) electrons. The van der Waals surface area contributed by atoms with Gasteiger partial charge in [-0.1, -0.05) is 6.92 Å². The summed E-state index contributed by atoms with van der Waals surface area (Å²) in [7, 11) is 3.22. The molecule has 9 heteroatoms. The smallest absolute Gasteiger partial charge is 0.226 e. The minimum atomic E-state index is 0. The Hall–Kier alpha value is -1.54. The molecule has 2 atom stereocenters. The van der Waals surface area contributed by atoms with Gasteiger partial charge in [-0.05, 0) is 37.1 Å². The second-order valence-electron chi connectivity index (χ2n) is 6.53. The van der Waals surface area contributed by atoms with E-state index in [9.17, 15) is 4.79 Å². The second-order valence-corrected chi connectivity index (χ2v) is 7.39. The third-order valence-corrected chi connectivity index (χ3v) is 5.64. The summed E-state index contributed by atoms with van der Waals surface area (Å²) in [6.07, 6.45) is 1.39. The molecule has 0 aliphatic carbocycles. The Morgan fingerprint density at radius 2 is 2.04 bits per heavy atom. The topological polar surface area (TPSA) is 72.5 Å². The zero-order chi connectivity index (χ0) is 18.5. The standard InChI is InChI=1S/C19H25N3O3S.2ClH/c1-12-6-7-20-10-15(12)22-18(23)9-14-11-26-19(21-14)13-4-5-16(24-2)17(8-13)25-3;;/h4-5,8,11-12,15,20H,6-7,9-10H2,1-3H3,(H,22,23);2*1H. The van der Waals surface area contributed by atoms with Crippen molar-refractivity contribution in [2.24, 2.45) is 5.92 Å². The molecule has 156 valence electrons. The number of amides is 1. The lowest BCUT2D eigenvalue weighted by Crippen LogP contribution is -2.50. The molecule has 2 unspecified atom stereocenters. The van der Waals surface area contributed by atoms with Gasteiger partial charge in [0.1, 0.15) is 5.01 Å². The SMILES string of the molecule is COc1ccc(-c2nc(CC(=O)NC3CNCCC3C)cs2)cc1OC.Cl.Cl. The van der Waals surface area contributed by atoms with E-state index < -0.39 is 0 Å². The summed E-state index contributed by atoms with van der Waals surface area (Å²) >= 11 is 1.52. The summed E-state index contributed by atoms with van der Waals surface area (Å²) in [6.45, 7) is 4.04. The van der Waals surface area contributed by atoms with E-state index >= 15 is 0 Å². The molecule has 1 saturated heterocycles. The van der Waals surface area contributed by atoms with E-state index in [1.807, 2.05) is 23.6 Å². The first kappa shape index (κ1) is 24.5. The highest BCUT2D eigenvalue weighted by Gasteiger charge is 2.23. The maximum Gasteiger partial charge on any atom is 0.226 e. The Morgan fingerprint density at radius 1 is 1.29 bits per heavy atom. The predicted octanol–water partition coefficient (Wildman–Crippen LogP) is 3.33. The minimum absolute atomic E-state index is 0. The molecule has 3 rings (SSSR count). The molecule has 0 saturated carbocycles. The third-order valence-electron chi connectivity index (χ3n) is 4.70. The Kier molecular flexibility index (Phi) is 10.0. The molecular formula is C19H27Cl2N3O3S. The molecular weight excluding hydrogens is 421 g/mol. The van der Waals surface area contributed by atoms with Crippen molar-refractivity contribution in [3.05, 3.63) is 29.3 Å². The minimum Gasteiger partial charge on any atom is -0.493 e. The van der Waals surface area contributed by atoms with Gasteiger partial charge >= 0.3 is 0 Å². The molecule has 0 spiro atoms. The maximum atomic E-state index is 12.3. The summed E-state index contributed by atoms with van der Waals surface area (Å²) < 4.78 is 10.6. The van der Waals surface area contributed by atoms with Crippen LogP contribution in [0.2, 0.25) is 0 Å². The maximum absolute atomic E-state index is 12.3. The van der Waals surface area contributed by atoms with Crippen molar-refractivity contribution in [3.63, 3.8) is 0 Å². The Balaban J connectivity index is 0.00000196. The number of halogens is 2. The fraction of sp³-hybridized carbons (Fsp3) is 0.474. The number of carbonyl (C=O) groups is 1. The summed E-state index contributed by atoms with van der Waals surface area (Å²) in [4.78, 5) is 17.0. The molecule has 1 fully saturated rings. The number of carbonyl (C=O) groups excluding carboxylic acids is 1. The van der Waals surface area contributed by atoms with Crippen molar-refractivity contribution >= 4 is 42.1 Å². The summed E-state index contributed by atoms with van der Waals surface area (Å²) in [5.41, 5.74) is 1.73. The molecule has 2 heterocycles. The largest absolute Gasteiger partial charge is 0.493 e. The van der Waals surface area contributed by atoms with Gasteiger partial charge in [-0.2, -0.15) is 0 Å². The zero-order valence-corrected chi connectivity index (χ0v) is 18.6. The third kappa shape index (κ3) is 5.98. The molecule has 1 aliphatic heterocycles. The zero-order valence-electron chi connectivity index (χ0n) is 16.2. The fourth-order valence-electron chi connectivity index (χ4n) is 3.10. The van der Waals surface area contributed by atoms with Crippen LogP contribution < -0.4 is 20.1 Å². The highest BCUT2D eigenvalue weighted by Crippen LogP contribution is 2.33. The van der Waals surface area contributed by atoms with Crippen LogP contribution in [0.15, 0.2) is 23.6 Å². The molecule has 0 bridgehead atoms. The number of benzene rings is 1. The molecule has 6 nitrogen and oxygen atoms in total. The number of hydrogen-bond acceptors (Lipinski definition) is 6. The van der Waals surface area contributed by atoms with Crippen LogP contribution in [0.5, 0.6) is 11.5 Å². The van der Waals surface area contributed by atoms with Gasteiger partial charge in [0, 0.05) is 23.5 Å². The molecule has 2 aromatic rings. The van der Waals surface area contributed by atoms with E-state index in [1.54, 1.807) is 14.2 Å². The first-order valence-electron chi connectivity index (χ1n) is 8.77. The normalized spacial score (nSPS) is 18.4. The highest BCUT2D eigenvalue weighted by molar-refractivity contribution is 7.13. The average Bonchev–Trinajstić information content (AvgIpc) is 3.11. The first-order valence-corrected chi connectivity index (χ1v) is 9.65. The Labute approximate surface area is 182 Å².